The molecule has 0 aromatic heterocycles. The summed E-state index contributed by atoms with van der Waals surface area (Å²) in [6.45, 7) is 0. The first-order chi connectivity index (χ1) is 8.50. The Hall–Kier alpha value is -1.85. The second-order valence-corrected chi connectivity index (χ2v) is 5.23. The lowest BCUT2D eigenvalue weighted by Gasteiger charge is -2.04. The fourth-order valence-electron chi connectivity index (χ4n) is 1.61. The van der Waals surface area contributed by atoms with E-state index in [-0.39, 0.29) is 4.90 Å². The molecular formula is C13H12NO3S. The van der Waals surface area contributed by atoms with Crippen LogP contribution in [0.5, 0.6) is 5.75 Å². The monoisotopic (exact) mass is 262 g/mol. The van der Waals surface area contributed by atoms with E-state index < -0.39 is 10.0 Å². The summed E-state index contributed by atoms with van der Waals surface area (Å²) in [5.74, 6) is 0.768. The van der Waals surface area contributed by atoms with Crippen molar-refractivity contribution in [2.75, 3.05) is 7.11 Å². The van der Waals surface area contributed by atoms with Gasteiger partial charge >= 0.3 is 0 Å². The second-order valence-electron chi connectivity index (χ2n) is 3.76. The van der Waals surface area contributed by atoms with E-state index in [9.17, 15) is 8.42 Å². The smallest absolute Gasteiger partial charge is 0.254 e. The molecule has 0 saturated heterocycles. The SMILES string of the molecule is COc1ccc(-c2ccc(S([NH])(=O)=O)cc2)cc1. The molecule has 2 aromatic carbocycles. The van der Waals surface area contributed by atoms with E-state index in [4.69, 9.17) is 9.88 Å². The van der Waals surface area contributed by atoms with Gasteiger partial charge in [-0.1, -0.05) is 24.3 Å². The summed E-state index contributed by atoms with van der Waals surface area (Å²) in [7, 11) is -2.28. The van der Waals surface area contributed by atoms with Crippen molar-refractivity contribution in [3.05, 3.63) is 48.5 Å². The molecule has 0 saturated carbocycles. The van der Waals surface area contributed by atoms with Gasteiger partial charge in [-0.15, -0.1) is 5.14 Å². The largest absolute Gasteiger partial charge is 0.497 e. The lowest BCUT2D eigenvalue weighted by Crippen LogP contribution is -1.99. The highest BCUT2D eigenvalue weighted by atomic mass is 32.2. The zero-order chi connectivity index (χ0) is 13.2. The third kappa shape index (κ3) is 2.69. The maximum absolute atomic E-state index is 11.0. The molecule has 2 aromatic rings. The quantitative estimate of drug-likeness (QED) is 0.852. The third-order valence-electron chi connectivity index (χ3n) is 2.59. The molecule has 93 valence electrons. The Morgan fingerprint density at radius 3 is 1.72 bits per heavy atom. The Morgan fingerprint density at radius 1 is 0.889 bits per heavy atom. The summed E-state index contributed by atoms with van der Waals surface area (Å²) in [6, 6.07) is 13.7. The summed E-state index contributed by atoms with van der Waals surface area (Å²) in [5, 5.41) is 6.96. The van der Waals surface area contributed by atoms with Gasteiger partial charge in [-0.25, -0.2) is 8.42 Å². The van der Waals surface area contributed by atoms with Crippen molar-refractivity contribution in [1.29, 1.82) is 0 Å². The molecule has 5 heteroatoms. The molecule has 2 rings (SSSR count). The van der Waals surface area contributed by atoms with E-state index in [2.05, 4.69) is 0 Å². The maximum Gasteiger partial charge on any atom is 0.254 e. The van der Waals surface area contributed by atoms with E-state index >= 15 is 0 Å². The number of methoxy groups -OCH3 is 1. The highest BCUT2D eigenvalue weighted by Gasteiger charge is 2.08. The van der Waals surface area contributed by atoms with Crippen LogP contribution in [-0.2, 0) is 10.0 Å². The topological polar surface area (TPSA) is 67.2 Å². The van der Waals surface area contributed by atoms with Crippen molar-refractivity contribution in [2.45, 2.75) is 4.90 Å². The van der Waals surface area contributed by atoms with Crippen LogP contribution in [0.25, 0.3) is 11.1 Å². The summed E-state index contributed by atoms with van der Waals surface area (Å²) < 4.78 is 27.1. The predicted molar refractivity (Wildman–Crippen MR) is 68.7 cm³/mol. The van der Waals surface area contributed by atoms with Gasteiger partial charge in [-0.3, -0.25) is 0 Å². The normalized spacial score (nSPS) is 11.2. The molecule has 0 heterocycles. The lowest BCUT2D eigenvalue weighted by molar-refractivity contribution is 0.415. The van der Waals surface area contributed by atoms with Crippen molar-refractivity contribution in [2.24, 2.45) is 0 Å². The Bertz CT molecular complexity index is 631. The van der Waals surface area contributed by atoms with Crippen LogP contribution in [0.4, 0.5) is 0 Å². The summed E-state index contributed by atoms with van der Waals surface area (Å²) >= 11 is 0. The molecule has 0 aliphatic carbocycles. The number of rotatable bonds is 3. The molecule has 0 fully saturated rings. The van der Waals surface area contributed by atoms with Crippen LogP contribution in [0.3, 0.4) is 0 Å². The van der Waals surface area contributed by atoms with Crippen LogP contribution in [0.15, 0.2) is 53.4 Å². The van der Waals surface area contributed by atoms with Gasteiger partial charge in [-0.2, -0.15) is 0 Å². The minimum atomic E-state index is -3.88. The molecule has 0 aliphatic heterocycles. The fraction of sp³-hybridized carbons (Fsp3) is 0.0769. The van der Waals surface area contributed by atoms with E-state index in [0.717, 1.165) is 16.9 Å². The van der Waals surface area contributed by atoms with Gasteiger partial charge in [0.2, 0.25) is 0 Å². The number of hydrogen-bond acceptors (Lipinski definition) is 3. The van der Waals surface area contributed by atoms with Crippen molar-refractivity contribution in [3.63, 3.8) is 0 Å². The first-order valence-electron chi connectivity index (χ1n) is 5.25. The Labute approximate surface area is 106 Å². The van der Waals surface area contributed by atoms with Gasteiger partial charge < -0.3 is 4.74 Å². The average Bonchev–Trinajstić information content (AvgIpc) is 2.38. The van der Waals surface area contributed by atoms with Crippen LogP contribution in [0, 0.1) is 0 Å². The van der Waals surface area contributed by atoms with Gasteiger partial charge in [0, 0.05) is 0 Å². The third-order valence-corrected chi connectivity index (χ3v) is 3.48. The van der Waals surface area contributed by atoms with Gasteiger partial charge in [-0.05, 0) is 35.4 Å². The Balaban J connectivity index is 2.34. The number of hydrogen-bond donors (Lipinski definition) is 0. The highest BCUT2D eigenvalue weighted by Crippen LogP contribution is 2.23. The van der Waals surface area contributed by atoms with Gasteiger partial charge in [0.15, 0.2) is 0 Å². The first-order valence-corrected chi connectivity index (χ1v) is 6.73. The van der Waals surface area contributed by atoms with Crippen LogP contribution < -0.4 is 9.88 Å². The molecule has 0 aliphatic rings. The van der Waals surface area contributed by atoms with Crippen LogP contribution >= 0.6 is 0 Å². The van der Waals surface area contributed by atoms with Crippen molar-refractivity contribution in [3.8, 4) is 16.9 Å². The van der Waals surface area contributed by atoms with Crippen LogP contribution in [0.1, 0.15) is 0 Å². The van der Waals surface area contributed by atoms with Crippen LogP contribution in [0.2, 0.25) is 0 Å². The number of sulfonamides is 1. The average molecular weight is 262 g/mol. The molecule has 0 amide bonds. The zero-order valence-electron chi connectivity index (χ0n) is 9.75. The lowest BCUT2D eigenvalue weighted by atomic mass is 10.1. The fourth-order valence-corrected chi connectivity index (χ4v) is 2.10. The minimum absolute atomic E-state index is 0.000221. The summed E-state index contributed by atoms with van der Waals surface area (Å²) in [6.07, 6.45) is 0. The van der Waals surface area contributed by atoms with Crippen molar-refractivity contribution >= 4 is 10.0 Å². The minimum Gasteiger partial charge on any atom is -0.497 e. The molecule has 0 unspecified atom stereocenters. The standard InChI is InChI=1S/C13H12NO3S/c1-17-12-6-2-10(3-7-12)11-4-8-13(9-5-11)18(14,15)16/h2-9,14H,1H3. The molecule has 0 spiro atoms. The number of benzene rings is 2. The molecule has 1 N–H and O–H groups in total. The maximum atomic E-state index is 11.0. The summed E-state index contributed by atoms with van der Waals surface area (Å²) in [5.41, 5.74) is 1.86. The summed E-state index contributed by atoms with van der Waals surface area (Å²) in [4.78, 5) is -0.000221. The van der Waals surface area contributed by atoms with Gasteiger partial charge in [0.25, 0.3) is 10.0 Å². The van der Waals surface area contributed by atoms with Crippen molar-refractivity contribution in [1.82, 2.24) is 5.14 Å². The molecule has 4 nitrogen and oxygen atoms in total. The number of nitrogens with one attached hydrogen (secondary N) is 1. The Kier molecular flexibility index (Phi) is 3.36. The van der Waals surface area contributed by atoms with E-state index in [1.807, 2.05) is 24.3 Å². The molecule has 0 bridgehead atoms. The molecular weight excluding hydrogens is 250 g/mol. The zero-order valence-corrected chi connectivity index (χ0v) is 10.6. The predicted octanol–water partition coefficient (Wildman–Crippen LogP) is 2.33. The molecule has 18 heavy (non-hydrogen) atoms. The van der Waals surface area contributed by atoms with Gasteiger partial charge in [0.1, 0.15) is 5.75 Å². The number of ether oxygens (including phenoxy) is 1. The molecule has 1 radical (unpaired) electrons. The first kappa shape index (κ1) is 12.6. The second kappa shape index (κ2) is 4.80. The van der Waals surface area contributed by atoms with E-state index in [1.54, 1.807) is 19.2 Å². The van der Waals surface area contributed by atoms with Crippen LogP contribution in [-0.4, -0.2) is 15.5 Å². The highest BCUT2D eigenvalue weighted by molar-refractivity contribution is 7.88. The Morgan fingerprint density at radius 2 is 1.33 bits per heavy atom. The van der Waals surface area contributed by atoms with E-state index in [0.29, 0.717) is 0 Å². The van der Waals surface area contributed by atoms with E-state index in [1.165, 1.54) is 12.1 Å². The van der Waals surface area contributed by atoms with Gasteiger partial charge in [0.05, 0.1) is 12.0 Å². The molecule has 0 atom stereocenters. The van der Waals surface area contributed by atoms with Crippen molar-refractivity contribution < 1.29 is 13.2 Å².